The number of carbonyl (C=O) groups excluding carboxylic acids is 2. The summed E-state index contributed by atoms with van der Waals surface area (Å²) < 4.78 is 33.5. The molecule has 0 radical (unpaired) electrons. The maximum Gasteiger partial charge on any atom is 0.253 e. The molecular weight excluding hydrogens is 450 g/mol. The largest absolute Gasteiger partial charge is 0.356 e. The Labute approximate surface area is 194 Å². The van der Waals surface area contributed by atoms with Crippen LogP contribution >= 0.6 is 11.6 Å². The molecule has 4 rings (SSSR count). The fourth-order valence-corrected chi connectivity index (χ4v) is 4.05. The SMILES string of the molecule is Cc1cccc([C@@H]2[C@@H](C(=O)NCc3ccccc3F)OCC(=O)N2c2ccc(F)c(Cl)c2)c1. The maximum absolute atomic E-state index is 14.0. The van der Waals surface area contributed by atoms with E-state index >= 15 is 0 Å². The molecule has 3 aromatic rings. The lowest BCUT2D eigenvalue weighted by Crippen LogP contribution is -2.54. The van der Waals surface area contributed by atoms with Crippen molar-refractivity contribution in [3.05, 3.63) is 100 Å². The minimum Gasteiger partial charge on any atom is -0.356 e. The average molecular weight is 471 g/mol. The first-order valence-electron chi connectivity index (χ1n) is 10.3. The van der Waals surface area contributed by atoms with Crippen LogP contribution in [0.2, 0.25) is 5.02 Å². The van der Waals surface area contributed by atoms with Crippen molar-refractivity contribution in [2.24, 2.45) is 0 Å². The van der Waals surface area contributed by atoms with E-state index in [1.54, 1.807) is 24.3 Å². The number of hydrogen-bond acceptors (Lipinski definition) is 3. The van der Waals surface area contributed by atoms with Crippen LogP contribution < -0.4 is 10.2 Å². The topological polar surface area (TPSA) is 58.6 Å². The van der Waals surface area contributed by atoms with Crippen molar-refractivity contribution in [3.63, 3.8) is 0 Å². The van der Waals surface area contributed by atoms with Gasteiger partial charge >= 0.3 is 0 Å². The molecule has 0 bridgehead atoms. The number of carbonyl (C=O) groups is 2. The predicted molar refractivity (Wildman–Crippen MR) is 121 cm³/mol. The monoisotopic (exact) mass is 470 g/mol. The Bertz CT molecular complexity index is 1200. The van der Waals surface area contributed by atoms with Crippen LogP contribution in [0.25, 0.3) is 0 Å². The van der Waals surface area contributed by atoms with Gasteiger partial charge in [-0.3, -0.25) is 14.5 Å². The smallest absolute Gasteiger partial charge is 0.253 e. The van der Waals surface area contributed by atoms with Gasteiger partial charge in [-0.2, -0.15) is 0 Å². The Balaban J connectivity index is 1.70. The van der Waals surface area contributed by atoms with Gasteiger partial charge in [0.25, 0.3) is 11.8 Å². The lowest BCUT2D eigenvalue weighted by Gasteiger charge is -2.40. The molecule has 0 spiro atoms. The highest BCUT2D eigenvalue weighted by Gasteiger charge is 2.42. The van der Waals surface area contributed by atoms with Crippen LogP contribution in [0, 0.1) is 18.6 Å². The second-order valence-electron chi connectivity index (χ2n) is 7.76. The van der Waals surface area contributed by atoms with Crippen LogP contribution in [0.3, 0.4) is 0 Å². The maximum atomic E-state index is 14.0. The number of anilines is 1. The van der Waals surface area contributed by atoms with Crippen molar-refractivity contribution in [1.82, 2.24) is 5.32 Å². The third-order valence-electron chi connectivity index (χ3n) is 5.45. The van der Waals surface area contributed by atoms with Crippen molar-refractivity contribution in [3.8, 4) is 0 Å². The Morgan fingerprint density at radius 1 is 1.09 bits per heavy atom. The first kappa shape index (κ1) is 22.9. The lowest BCUT2D eigenvalue weighted by molar-refractivity contribution is -0.144. The summed E-state index contributed by atoms with van der Waals surface area (Å²) in [4.78, 5) is 27.5. The van der Waals surface area contributed by atoms with Crippen molar-refractivity contribution in [1.29, 1.82) is 0 Å². The second-order valence-corrected chi connectivity index (χ2v) is 8.17. The molecule has 8 heteroatoms. The quantitative estimate of drug-likeness (QED) is 0.587. The minimum atomic E-state index is -1.08. The van der Waals surface area contributed by atoms with Gasteiger partial charge in [-0.1, -0.05) is 59.6 Å². The van der Waals surface area contributed by atoms with E-state index in [-0.39, 0.29) is 18.2 Å². The summed E-state index contributed by atoms with van der Waals surface area (Å²) in [7, 11) is 0. The van der Waals surface area contributed by atoms with E-state index in [9.17, 15) is 18.4 Å². The van der Waals surface area contributed by atoms with Gasteiger partial charge in [0.1, 0.15) is 18.2 Å². The van der Waals surface area contributed by atoms with Crippen LogP contribution in [-0.2, 0) is 20.9 Å². The molecule has 0 aromatic heterocycles. The van der Waals surface area contributed by atoms with Crippen LogP contribution in [0.5, 0.6) is 0 Å². The van der Waals surface area contributed by atoms with Crippen molar-refractivity contribution in [2.75, 3.05) is 11.5 Å². The molecule has 0 saturated carbocycles. The number of morpholine rings is 1. The molecule has 1 aliphatic rings. The zero-order chi connectivity index (χ0) is 23.5. The summed E-state index contributed by atoms with van der Waals surface area (Å²) in [6.45, 7) is 1.50. The molecule has 170 valence electrons. The summed E-state index contributed by atoms with van der Waals surface area (Å²) in [5, 5.41) is 2.56. The Hall–Kier alpha value is -3.29. The highest BCUT2D eigenvalue weighted by atomic mass is 35.5. The van der Waals surface area contributed by atoms with Gasteiger partial charge < -0.3 is 10.1 Å². The normalized spacial score (nSPS) is 18.3. The third-order valence-corrected chi connectivity index (χ3v) is 5.74. The molecule has 0 aliphatic carbocycles. The zero-order valence-electron chi connectivity index (χ0n) is 17.7. The molecule has 2 atom stereocenters. The van der Waals surface area contributed by atoms with Crippen molar-refractivity contribution < 1.29 is 23.1 Å². The van der Waals surface area contributed by atoms with E-state index in [1.165, 1.54) is 29.2 Å². The molecule has 2 amide bonds. The van der Waals surface area contributed by atoms with E-state index in [0.717, 1.165) is 5.56 Å². The summed E-state index contributed by atoms with van der Waals surface area (Å²) in [5.74, 6) is -1.96. The van der Waals surface area contributed by atoms with Crippen LogP contribution in [0.4, 0.5) is 14.5 Å². The van der Waals surface area contributed by atoms with Crippen LogP contribution in [0.15, 0.2) is 66.7 Å². The molecule has 0 unspecified atom stereocenters. The molecule has 3 aromatic carbocycles. The highest BCUT2D eigenvalue weighted by Crippen LogP contribution is 2.36. The Kier molecular flexibility index (Phi) is 6.72. The Morgan fingerprint density at radius 3 is 2.61 bits per heavy atom. The second kappa shape index (κ2) is 9.68. The van der Waals surface area contributed by atoms with Crippen molar-refractivity contribution >= 4 is 29.1 Å². The average Bonchev–Trinajstić information content (AvgIpc) is 2.80. The first-order chi connectivity index (χ1) is 15.8. The standard InChI is InChI=1S/C25H21ClF2N2O3/c1-15-5-4-7-16(11-15)23-24(25(32)29-13-17-6-2-3-8-20(17)27)33-14-22(31)30(23)18-9-10-21(28)19(26)12-18/h2-12,23-24H,13-14H2,1H3,(H,29,32)/t23-,24+/m1/s1. The van der Waals surface area contributed by atoms with E-state index < -0.39 is 35.6 Å². The number of ether oxygens (including phenoxy) is 1. The lowest BCUT2D eigenvalue weighted by atomic mass is 9.95. The van der Waals surface area contributed by atoms with Crippen molar-refractivity contribution in [2.45, 2.75) is 25.6 Å². The number of halogens is 3. The molecule has 1 fully saturated rings. The fourth-order valence-electron chi connectivity index (χ4n) is 3.87. The number of nitrogens with zero attached hydrogens (tertiary/aromatic N) is 1. The van der Waals surface area contributed by atoms with Gasteiger partial charge in [0.15, 0.2) is 6.10 Å². The highest BCUT2D eigenvalue weighted by molar-refractivity contribution is 6.31. The van der Waals surface area contributed by atoms with Gasteiger partial charge in [-0.15, -0.1) is 0 Å². The van der Waals surface area contributed by atoms with Gasteiger partial charge in [0.05, 0.1) is 11.1 Å². The fraction of sp³-hybridized carbons (Fsp3) is 0.200. The van der Waals surface area contributed by atoms with E-state index in [0.29, 0.717) is 16.8 Å². The number of benzene rings is 3. The van der Waals surface area contributed by atoms with Gasteiger partial charge in [0.2, 0.25) is 0 Å². The molecule has 1 heterocycles. The van der Waals surface area contributed by atoms with Gasteiger partial charge in [-0.25, -0.2) is 8.78 Å². The number of aryl methyl sites for hydroxylation is 1. The van der Waals surface area contributed by atoms with Crippen LogP contribution in [0.1, 0.15) is 22.7 Å². The Morgan fingerprint density at radius 2 is 1.88 bits per heavy atom. The molecule has 33 heavy (non-hydrogen) atoms. The first-order valence-corrected chi connectivity index (χ1v) is 10.7. The molecule has 1 aliphatic heterocycles. The summed E-state index contributed by atoms with van der Waals surface area (Å²) in [6, 6.07) is 16.6. The van der Waals surface area contributed by atoms with E-state index in [4.69, 9.17) is 16.3 Å². The molecule has 1 saturated heterocycles. The summed E-state index contributed by atoms with van der Waals surface area (Å²) >= 11 is 5.97. The zero-order valence-corrected chi connectivity index (χ0v) is 18.5. The van der Waals surface area contributed by atoms with Gasteiger partial charge in [0, 0.05) is 17.8 Å². The van der Waals surface area contributed by atoms with Gasteiger partial charge in [-0.05, 0) is 36.8 Å². The summed E-state index contributed by atoms with van der Waals surface area (Å²) in [5.41, 5.74) is 2.25. The number of nitrogens with one attached hydrogen (secondary N) is 1. The molecule has 1 N–H and O–H groups in total. The third kappa shape index (κ3) is 4.89. The molecular formula is C25H21ClF2N2O3. The molecule has 5 nitrogen and oxygen atoms in total. The minimum absolute atomic E-state index is 0.0395. The van der Waals surface area contributed by atoms with E-state index in [2.05, 4.69) is 5.32 Å². The number of amides is 2. The summed E-state index contributed by atoms with van der Waals surface area (Å²) in [6.07, 6.45) is -1.08. The van der Waals surface area contributed by atoms with E-state index in [1.807, 2.05) is 25.1 Å². The number of rotatable bonds is 5. The number of hydrogen-bond donors (Lipinski definition) is 1. The van der Waals surface area contributed by atoms with Crippen LogP contribution in [-0.4, -0.2) is 24.5 Å². The predicted octanol–water partition coefficient (Wildman–Crippen LogP) is 4.72.